The van der Waals surface area contributed by atoms with Gasteiger partial charge >= 0.3 is 0 Å². The molecule has 0 unspecified atom stereocenters. The standard InChI is InChI=1S/C40H34ClN5O4/c1-23-30(31-20-26(50-2)14-17-34(31)46(23)40(49)24-10-12-25(41)13-11-24)21-35(47)44-19-6-4-3-5-18-43-33-16-15-29-36-27(33)8-7-9-28(36)37-32(22-42)39(48)45-38(29)37/h7-17,20H,3-6,18-19,21H2,1-2H3,(H,44,47)(H,45,48). The Hall–Kier alpha value is -5.72. The van der Waals surface area contributed by atoms with Crippen LogP contribution in [0.15, 0.2) is 77.8 Å². The van der Waals surface area contributed by atoms with Gasteiger partial charge in [-0.25, -0.2) is 0 Å². The number of anilines is 1. The number of ether oxygens (including phenoxy) is 1. The number of carbonyl (C=O) groups is 3. The maximum Gasteiger partial charge on any atom is 0.267 e. The summed E-state index contributed by atoms with van der Waals surface area (Å²) in [5.41, 5.74) is 5.54. The van der Waals surface area contributed by atoms with E-state index in [0.29, 0.717) is 51.5 Å². The van der Waals surface area contributed by atoms with Crippen molar-refractivity contribution in [3.8, 4) is 22.9 Å². The zero-order valence-corrected chi connectivity index (χ0v) is 28.5. The van der Waals surface area contributed by atoms with Crippen LogP contribution in [0.5, 0.6) is 5.75 Å². The van der Waals surface area contributed by atoms with Gasteiger partial charge in [0.2, 0.25) is 5.91 Å². The number of nitrogens with zero attached hydrogens (tertiary/aromatic N) is 3. The third kappa shape index (κ3) is 5.82. The minimum absolute atomic E-state index is 0.101. The van der Waals surface area contributed by atoms with Crippen molar-refractivity contribution in [1.29, 1.82) is 5.26 Å². The molecule has 0 saturated carbocycles. The predicted octanol–water partition coefficient (Wildman–Crippen LogP) is 6.16. The first kappa shape index (κ1) is 32.8. The molecule has 3 aromatic carbocycles. The van der Waals surface area contributed by atoms with E-state index in [0.717, 1.165) is 63.9 Å². The smallest absolute Gasteiger partial charge is 0.267 e. The zero-order chi connectivity index (χ0) is 34.9. The van der Waals surface area contributed by atoms with Crippen molar-refractivity contribution in [3.05, 3.63) is 105 Å². The summed E-state index contributed by atoms with van der Waals surface area (Å²) < 4.78 is 7.10. The van der Waals surface area contributed by atoms with Crippen LogP contribution in [0.1, 0.15) is 47.3 Å². The number of rotatable bonds is 11. The van der Waals surface area contributed by atoms with Gasteiger partial charge in [0.15, 0.2) is 0 Å². The number of amides is 2. The van der Waals surface area contributed by atoms with E-state index in [9.17, 15) is 19.6 Å². The Morgan fingerprint density at radius 1 is 0.980 bits per heavy atom. The highest BCUT2D eigenvalue weighted by Crippen LogP contribution is 2.38. The molecule has 0 spiro atoms. The molecule has 0 fully saturated rings. The van der Waals surface area contributed by atoms with Crippen molar-refractivity contribution >= 4 is 62.3 Å². The van der Waals surface area contributed by atoms with Gasteiger partial charge in [0.25, 0.3) is 11.8 Å². The van der Waals surface area contributed by atoms with Gasteiger partial charge in [0.1, 0.15) is 17.4 Å². The van der Waals surface area contributed by atoms with E-state index in [2.05, 4.69) is 16.7 Å². The fourth-order valence-corrected chi connectivity index (χ4v) is 7.16. The summed E-state index contributed by atoms with van der Waals surface area (Å²) in [6.07, 6.45) is 3.83. The van der Waals surface area contributed by atoms with Crippen LogP contribution in [-0.2, 0) is 16.0 Å². The molecule has 0 atom stereocenters. The SMILES string of the molecule is COc1ccc2c(c1)c(CC(=O)NCCCCCCN=c1ccc3c4c(c5cccc1c5-3)=C(C#N)C(=O)N4)c(C)n2C(=O)c1ccc(Cl)cc1. The summed E-state index contributed by atoms with van der Waals surface area (Å²) in [5, 5.41) is 20.3. The van der Waals surface area contributed by atoms with Gasteiger partial charge < -0.3 is 15.4 Å². The summed E-state index contributed by atoms with van der Waals surface area (Å²) in [7, 11) is 1.59. The second-order valence-electron chi connectivity index (χ2n) is 12.5. The lowest BCUT2D eigenvalue weighted by atomic mass is 9.99. The molecule has 9 nitrogen and oxygen atoms in total. The number of hydrogen-bond donors (Lipinski definition) is 2. The second kappa shape index (κ2) is 13.7. The van der Waals surface area contributed by atoms with Crippen LogP contribution in [0.4, 0.5) is 5.69 Å². The lowest BCUT2D eigenvalue weighted by Gasteiger charge is -2.09. The number of methoxy groups -OCH3 is 1. The summed E-state index contributed by atoms with van der Waals surface area (Å²) in [4.78, 5) is 43.8. The molecule has 0 radical (unpaired) electrons. The highest BCUT2D eigenvalue weighted by atomic mass is 35.5. The van der Waals surface area contributed by atoms with Gasteiger partial charge in [-0.3, -0.25) is 23.9 Å². The molecule has 2 amide bonds. The van der Waals surface area contributed by atoms with Crippen LogP contribution in [-0.4, -0.2) is 42.5 Å². The Balaban J connectivity index is 0.954. The van der Waals surface area contributed by atoms with Crippen LogP contribution in [0.3, 0.4) is 0 Å². The molecule has 1 aromatic heterocycles. The molecule has 250 valence electrons. The van der Waals surface area contributed by atoms with E-state index in [4.69, 9.17) is 21.3 Å². The predicted molar refractivity (Wildman–Crippen MR) is 195 cm³/mol. The van der Waals surface area contributed by atoms with Gasteiger partial charge in [0, 0.05) is 56.5 Å². The molecule has 0 saturated heterocycles. The number of hydrogen-bond acceptors (Lipinski definition) is 6. The monoisotopic (exact) mass is 683 g/mol. The summed E-state index contributed by atoms with van der Waals surface area (Å²) in [6.45, 7) is 3.10. The summed E-state index contributed by atoms with van der Waals surface area (Å²) in [5.74, 6) is 0.00987. The second-order valence-corrected chi connectivity index (χ2v) is 12.9. The molecule has 4 aromatic rings. The highest BCUT2D eigenvalue weighted by molar-refractivity contribution is 6.32. The van der Waals surface area contributed by atoms with E-state index >= 15 is 0 Å². The number of nitriles is 1. The Bertz CT molecular complexity index is 2440. The molecule has 0 bridgehead atoms. The van der Waals surface area contributed by atoms with Crippen molar-refractivity contribution in [3.63, 3.8) is 0 Å². The summed E-state index contributed by atoms with van der Waals surface area (Å²) >= 11 is 6.04. The Morgan fingerprint density at radius 2 is 1.76 bits per heavy atom. The van der Waals surface area contributed by atoms with Crippen molar-refractivity contribution in [2.45, 2.75) is 39.0 Å². The molecule has 50 heavy (non-hydrogen) atoms. The van der Waals surface area contributed by atoms with Crippen LogP contribution in [0.25, 0.3) is 38.4 Å². The van der Waals surface area contributed by atoms with Crippen molar-refractivity contribution in [2.75, 3.05) is 25.5 Å². The lowest BCUT2D eigenvalue weighted by Crippen LogP contribution is -2.26. The minimum atomic E-state index is -0.350. The fourth-order valence-electron chi connectivity index (χ4n) is 7.04. The maximum atomic E-state index is 13.6. The van der Waals surface area contributed by atoms with Crippen LogP contribution in [0, 0.1) is 18.3 Å². The molecule has 2 heterocycles. The Labute approximate surface area is 293 Å². The molecule has 2 N–H and O–H groups in total. The number of unbranched alkanes of at least 4 members (excludes halogenated alkanes) is 3. The highest BCUT2D eigenvalue weighted by Gasteiger charge is 2.29. The zero-order valence-electron chi connectivity index (χ0n) is 27.7. The van der Waals surface area contributed by atoms with Crippen LogP contribution < -0.4 is 25.9 Å². The number of halogens is 1. The average molecular weight is 684 g/mol. The van der Waals surface area contributed by atoms with Gasteiger partial charge in [-0.05, 0) is 79.2 Å². The first-order valence-electron chi connectivity index (χ1n) is 16.6. The third-order valence-corrected chi connectivity index (χ3v) is 9.75. The van der Waals surface area contributed by atoms with E-state index in [1.165, 1.54) is 0 Å². The lowest BCUT2D eigenvalue weighted by molar-refractivity contribution is -0.120. The van der Waals surface area contributed by atoms with E-state index in [-0.39, 0.29) is 29.7 Å². The molecule has 10 heteroatoms. The number of carbonyl (C=O) groups excluding carboxylic acids is 3. The molecule has 2 aliphatic carbocycles. The average Bonchev–Trinajstić information content (AvgIpc) is 3.72. The molecule has 1 aliphatic heterocycles. The molecule has 7 rings (SSSR count). The fraction of sp³-hybridized carbons (Fsp3) is 0.225. The first-order valence-corrected chi connectivity index (χ1v) is 17.0. The minimum Gasteiger partial charge on any atom is -0.497 e. The van der Waals surface area contributed by atoms with Crippen LogP contribution in [0.2, 0.25) is 5.02 Å². The molecular formula is C40H34ClN5O4. The van der Waals surface area contributed by atoms with Crippen molar-refractivity contribution < 1.29 is 19.1 Å². The normalized spacial score (nSPS) is 12.9. The quantitative estimate of drug-likeness (QED) is 0.158. The van der Waals surface area contributed by atoms with Gasteiger partial charge in [-0.1, -0.05) is 48.7 Å². The number of benzene rings is 4. The number of nitrogens with one attached hydrogen (secondary N) is 2. The third-order valence-electron chi connectivity index (χ3n) is 9.50. The topological polar surface area (TPSA) is 126 Å². The Morgan fingerprint density at radius 3 is 2.54 bits per heavy atom. The van der Waals surface area contributed by atoms with Gasteiger partial charge in [0.05, 0.1) is 30.1 Å². The first-order chi connectivity index (χ1) is 24.3. The van der Waals surface area contributed by atoms with Crippen molar-refractivity contribution in [2.24, 2.45) is 4.99 Å². The van der Waals surface area contributed by atoms with Gasteiger partial charge in [-0.2, -0.15) is 5.26 Å². The number of aromatic nitrogens is 1. The van der Waals surface area contributed by atoms with E-state index in [1.54, 1.807) is 35.9 Å². The van der Waals surface area contributed by atoms with Gasteiger partial charge in [-0.15, -0.1) is 0 Å². The largest absolute Gasteiger partial charge is 0.497 e. The summed E-state index contributed by atoms with van der Waals surface area (Å²) in [6, 6.07) is 24.3. The Kier molecular flexibility index (Phi) is 8.96. The molecular weight excluding hydrogens is 650 g/mol. The van der Waals surface area contributed by atoms with Crippen LogP contribution >= 0.6 is 11.6 Å². The van der Waals surface area contributed by atoms with E-state index < -0.39 is 0 Å². The molecule has 3 aliphatic rings. The maximum absolute atomic E-state index is 13.6. The number of fused-ring (bicyclic) bond motifs is 4. The van der Waals surface area contributed by atoms with E-state index in [1.807, 2.05) is 55.5 Å². The van der Waals surface area contributed by atoms with Crippen molar-refractivity contribution in [1.82, 2.24) is 9.88 Å².